The molecule has 1 heterocycles. The van der Waals surface area contributed by atoms with Gasteiger partial charge in [0.15, 0.2) is 11.6 Å². The molecule has 2 aromatic rings. The first-order valence-corrected chi connectivity index (χ1v) is 10.6. The Morgan fingerprint density at radius 3 is 2.52 bits per heavy atom. The van der Waals surface area contributed by atoms with Crippen molar-refractivity contribution in [2.45, 2.75) is 58.0 Å². The van der Waals surface area contributed by atoms with Gasteiger partial charge in [-0.15, -0.1) is 0 Å². The molecule has 0 aromatic heterocycles. The third kappa shape index (κ3) is 5.45. The molecule has 29 heavy (non-hydrogen) atoms. The smallest absolute Gasteiger partial charge is 0.200 e. The van der Waals surface area contributed by atoms with E-state index in [9.17, 15) is 8.78 Å². The Morgan fingerprint density at radius 2 is 1.86 bits per heavy atom. The Morgan fingerprint density at radius 1 is 1.07 bits per heavy atom. The molecular formula is C25H30F2O2. The van der Waals surface area contributed by atoms with E-state index in [-0.39, 0.29) is 17.8 Å². The summed E-state index contributed by atoms with van der Waals surface area (Å²) in [6.45, 7) is 4.72. The first-order chi connectivity index (χ1) is 14.1. The van der Waals surface area contributed by atoms with Crippen LogP contribution < -0.4 is 4.74 Å². The lowest BCUT2D eigenvalue weighted by atomic mass is 9.89. The summed E-state index contributed by atoms with van der Waals surface area (Å²) in [6.07, 6.45) is 8.62. The van der Waals surface area contributed by atoms with Gasteiger partial charge in [-0.25, -0.2) is 4.39 Å². The van der Waals surface area contributed by atoms with Gasteiger partial charge in [-0.05, 0) is 61.8 Å². The zero-order chi connectivity index (χ0) is 20.6. The molecule has 0 aliphatic carbocycles. The molecule has 0 saturated carbocycles. The third-order valence-electron chi connectivity index (χ3n) is 5.44. The largest absolute Gasteiger partial charge is 0.490 e. The minimum atomic E-state index is -0.897. The number of ether oxygens (including phenoxy) is 2. The van der Waals surface area contributed by atoms with E-state index in [2.05, 4.69) is 36.4 Å². The molecule has 1 aliphatic heterocycles. The van der Waals surface area contributed by atoms with Crippen LogP contribution in [0.25, 0.3) is 0 Å². The Bertz CT molecular complexity index is 806. The van der Waals surface area contributed by atoms with Crippen molar-refractivity contribution in [2.75, 3.05) is 13.2 Å². The summed E-state index contributed by atoms with van der Waals surface area (Å²) in [7, 11) is 0. The van der Waals surface area contributed by atoms with Crippen molar-refractivity contribution in [3.8, 4) is 5.75 Å². The van der Waals surface area contributed by atoms with Crippen molar-refractivity contribution in [1.82, 2.24) is 0 Å². The maximum Gasteiger partial charge on any atom is 0.200 e. The monoisotopic (exact) mass is 400 g/mol. The summed E-state index contributed by atoms with van der Waals surface area (Å²) < 4.78 is 40.1. The van der Waals surface area contributed by atoms with Crippen LogP contribution in [0.1, 0.15) is 68.2 Å². The lowest BCUT2D eigenvalue weighted by Crippen LogP contribution is -2.20. The molecule has 1 aliphatic rings. The van der Waals surface area contributed by atoms with E-state index in [0.717, 1.165) is 37.7 Å². The van der Waals surface area contributed by atoms with Crippen LogP contribution in [0, 0.1) is 11.6 Å². The minimum absolute atomic E-state index is 0.0101. The van der Waals surface area contributed by atoms with Crippen molar-refractivity contribution < 1.29 is 18.3 Å². The molecule has 0 radical (unpaired) electrons. The normalized spacial score (nSPS) is 19.6. The number of aryl methyl sites for hydroxylation is 1. The van der Waals surface area contributed by atoms with E-state index in [1.807, 2.05) is 13.8 Å². The van der Waals surface area contributed by atoms with Crippen LogP contribution in [-0.4, -0.2) is 13.2 Å². The van der Waals surface area contributed by atoms with Gasteiger partial charge in [0.1, 0.15) is 0 Å². The summed E-state index contributed by atoms with van der Waals surface area (Å²) in [5, 5.41) is 0. The van der Waals surface area contributed by atoms with Gasteiger partial charge < -0.3 is 9.47 Å². The topological polar surface area (TPSA) is 18.5 Å². The van der Waals surface area contributed by atoms with Gasteiger partial charge in [-0.2, -0.15) is 4.39 Å². The van der Waals surface area contributed by atoms with Crippen LogP contribution in [0.15, 0.2) is 48.6 Å². The fourth-order valence-electron chi connectivity index (χ4n) is 3.76. The summed E-state index contributed by atoms with van der Waals surface area (Å²) in [5.74, 6) is -1.86. The van der Waals surface area contributed by atoms with Crippen LogP contribution in [0.3, 0.4) is 0 Å². The number of hydrogen-bond donors (Lipinski definition) is 0. The zero-order valence-corrected chi connectivity index (χ0v) is 17.3. The lowest BCUT2D eigenvalue weighted by Gasteiger charge is -2.30. The number of allylic oxidation sites excluding steroid dienone is 2. The molecule has 2 nitrogen and oxygen atoms in total. The van der Waals surface area contributed by atoms with Crippen LogP contribution >= 0.6 is 0 Å². The van der Waals surface area contributed by atoms with Gasteiger partial charge in [0, 0.05) is 5.92 Å². The lowest BCUT2D eigenvalue weighted by molar-refractivity contribution is 0.00160. The highest BCUT2D eigenvalue weighted by Crippen LogP contribution is 2.38. The number of hydrogen-bond acceptors (Lipinski definition) is 2. The summed E-state index contributed by atoms with van der Waals surface area (Å²) in [4.78, 5) is 0. The zero-order valence-electron chi connectivity index (χ0n) is 17.3. The fourth-order valence-corrected chi connectivity index (χ4v) is 3.76. The second-order valence-electron chi connectivity index (χ2n) is 7.57. The molecule has 2 unspecified atom stereocenters. The van der Waals surface area contributed by atoms with Crippen LogP contribution in [0.2, 0.25) is 0 Å². The summed E-state index contributed by atoms with van der Waals surface area (Å²) in [6, 6.07) is 11.7. The molecule has 0 bridgehead atoms. The molecule has 156 valence electrons. The van der Waals surface area contributed by atoms with E-state index in [0.29, 0.717) is 18.8 Å². The molecule has 0 amide bonds. The maximum atomic E-state index is 14.6. The molecule has 0 spiro atoms. The van der Waals surface area contributed by atoms with E-state index in [1.54, 1.807) is 6.07 Å². The van der Waals surface area contributed by atoms with E-state index in [1.165, 1.54) is 11.6 Å². The van der Waals surface area contributed by atoms with Gasteiger partial charge in [0.05, 0.1) is 19.3 Å². The van der Waals surface area contributed by atoms with Gasteiger partial charge >= 0.3 is 0 Å². The quantitative estimate of drug-likeness (QED) is 0.449. The van der Waals surface area contributed by atoms with E-state index in [4.69, 9.17) is 9.47 Å². The molecule has 4 heteroatoms. The van der Waals surface area contributed by atoms with Gasteiger partial charge in [-0.1, -0.05) is 49.4 Å². The van der Waals surface area contributed by atoms with Gasteiger partial charge in [0.25, 0.3) is 0 Å². The number of benzene rings is 2. The first-order valence-electron chi connectivity index (χ1n) is 10.6. The molecule has 1 fully saturated rings. The number of rotatable bonds is 8. The molecule has 1 saturated heterocycles. The molecule has 0 N–H and O–H groups in total. The fraction of sp³-hybridized carbons (Fsp3) is 0.440. The summed E-state index contributed by atoms with van der Waals surface area (Å²) in [5.41, 5.74) is 2.83. The second kappa shape index (κ2) is 10.5. The highest BCUT2D eigenvalue weighted by atomic mass is 19.2. The van der Waals surface area contributed by atoms with Gasteiger partial charge in [-0.3, -0.25) is 0 Å². The first kappa shape index (κ1) is 21.5. The summed E-state index contributed by atoms with van der Waals surface area (Å²) >= 11 is 0. The van der Waals surface area contributed by atoms with Crippen LogP contribution in [-0.2, 0) is 11.2 Å². The minimum Gasteiger partial charge on any atom is -0.490 e. The third-order valence-corrected chi connectivity index (χ3v) is 5.44. The van der Waals surface area contributed by atoms with Crippen molar-refractivity contribution in [3.05, 3.63) is 76.9 Å². The van der Waals surface area contributed by atoms with E-state index < -0.39 is 11.6 Å². The van der Waals surface area contributed by atoms with Gasteiger partial charge in [0.2, 0.25) is 5.82 Å². The Hall–Kier alpha value is -2.20. The Kier molecular flexibility index (Phi) is 7.82. The second-order valence-corrected chi connectivity index (χ2v) is 7.57. The van der Waals surface area contributed by atoms with Crippen molar-refractivity contribution in [2.24, 2.45) is 0 Å². The average molecular weight is 401 g/mol. The highest BCUT2D eigenvalue weighted by molar-refractivity contribution is 5.34. The van der Waals surface area contributed by atoms with Crippen molar-refractivity contribution in [3.63, 3.8) is 0 Å². The maximum absolute atomic E-state index is 14.6. The standard InChI is InChI=1S/C25H30F2O2/c1-3-5-6-7-18-8-10-19(11-9-18)22-14-12-20(17-29-22)21-13-15-23(28-16-4-2)25(27)24(21)26/h3,5,8-11,13,15,20,22H,4,6-7,12,14,16-17H2,1-2H3. The van der Waals surface area contributed by atoms with Crippen molar-refractivity contribution >= 4 is 0 Å². The molecule has 3 rings (SSSR count). The van der Waals surface area contributed by atoms with Crippen LogP contribution in [0.5, 0.6) is 5.75 Å². The molecule has 2 atom stereocenters. The SMILES string of the molecule is CC=CCCc1ccc(C2CCC(c3ccc(OCCC)c(F)c3F)CO2)cc1. The predicted molar refractivity (Wildman–Crippen MR) is 112 cm³/mol. The highest BCUT2D eigenvalue weighted by Gasteiger charge is 2.28. The van der Waals surface area contributed by atoms with Crippen molar-refractivity contribution in [1.29, 1.82) is 0 Å². The molecule has 2 aromatic carbocycles. The Balaban J connectivity index is 1.59. The van der Waals surface area contributed by atoms with E-state index >= 15 is 0 Å². The molecular weight excluding hydrogens is 370 g/mol. The van der Waals surface area contributed by atoms with Crippen LogP contribution in [0.4, 0.5) is 8.78 Å². The number of halogens is 2. The average Bonchev–Trinajstić information content (AvgIpc) is 2.76. The Labute approximate surface area is 172 Å². The predicted octanol–water partition coefficient (Wildman–Crippen LogP) is 6.90.